The van der Waals surface area contributed by atoms with Crippen molar-refractivity contribution in [1.29, 1.82) is 0 Å². The SMILES string of the molecule is Cc1c[nH]c2c1C(c1ccccc1)=CCC=C2c1ccccc1. The summed E-state index contributed by atoms with van der Waals surface area (Å²) in [5.41, 5.74) is 8.99. The molecule has 0 aliphatic heterocycles. The van der Waals surface area contributed by atoms with Crippen molar-refractivity contribution in [2.45, 2.75) is 13.3 Å². The third-order valence-electron chi connectivity index (χ3n) is 4.43. The van der Waals surface area contributed by atoms with Gasteiger partial charge in [-0.15, -0.1) is 0 Å². The van der Waals surface area contributed by atoms with E-state index in [1.54, 1.807) is 0 Å². The van der Waals surface area contributed by atoms with E-state index in [0.29, 0.717) is 0 Å². The Morgan fingerprint density at radius 3 is 1.96 bits per heavy atom. The normalized spacial score (nSPS) is 13.8. The van der Waals surface area contributed by atoms with Gasteiger partial charge in [0.15, 0.2) is 0 Å². The van der Waals surface area contributed by atoms with Gasteiger partial charge in [0.2, 0.25) is 0 Å². The average molecular weight is 297 g/mol. The molecule has 1 heterocycles. The van der Waals surface area contributed by atoms with E-state index >= 15 is 0 Å². The van der Waals surface area contributed by atoms with Crippen LogP contribution >= 0.6 is 0 Å². The number of aromatic amines is 1. The maximum Gasteiger partial charge on any atom is 0.0539 e. The van der Waals surface area contributed by atoms with E-state index in [9.17, 15) is 0 Å². The molecule has 0 amide bonds. The molecule has 3 aromatic rings. The van der Waals surface area contributed by atoms with Crippen LogP contribution in [0.25, 0.3) is 11.1 Å². The molecule has 1 N–H and O–H groups in total. The molecule has 0 radical (unpaired) electrons. The van der Waals surface area contributed by atoms with Gasteiger partial charge in [-0.3, -0.25) is 0 Å². The van der Waals surface area contributed by atoms with Gasteiger partial charge >= 0.3 is 0 Å². The monoisotopic (exact) mass is 297 g/mol. The van der Waals surface area contributed by atoms with Crippen LogP contribution in [0.5, 0.6) is 0 Å². The maximum atomic E-state index is 3.51. The molecule has 112 valence electrons. The van der Waals surface area contributed by atoms with Crippen LogP contribution in [-0.2, 0) is 0 Å². The first-order chi connectivity index (χ1) is 11.3. The van der Waals surface area contributed by atoms with Crippen LogP contribution in [-0.4, -0.2) is 4.98 Å². The molecule has 0 spiro atoms. The molecule has 1 heteroatoms. The molecule has 0 fully saturated rings. The summed E-state index contributed by atoms with van der Waals surface area (Å²) in [6.07, 6.45) is 7.71. The van der Waals surface area contributed by atoms with Gasteiger partial charge in [-0.2, -0.15) is 0 Å². The molecule has 0 unspecified atom stereocenters. The molecule has 4 rings (SSSR count). The second-order valence-electron chi connectivity index (χ2n) is 5.93. The van der Waals surface area contributed by atoms with E-state index in [1.165, 1.54) is 39.1 Å². The van der Waals surface area contributed by atoms with Crippen LogP contribution in [0.2, 0.25) is 0 Å². The van der Waals surface area contributed by atoms with E-state index in [2.05, 4.69) is 90.9 Å². The summed E-state index contributed by atoms with van der Waals surface area (Å²) in [6, 6.07) is 21.3. The zero-order chi connectivity index (χ0) is 15.6. The number of rotatable bonds is 2. The topological polar surface area (TPSA) is 15.8 Å². The molecule has 23 heavy (non-hydrogen) atoms. The van der Waals surface area contributed by atoms with Gasteiger partial charge in [0.25, 0.3) is 0 Å². The van der Waals surface area contributed by atoms with E-state index in [1.807, 2.05) is 0 Å². The average Bonchev–Trinajstić information content (AvgIpc) is 2.87. The predicted octanol–water partition coefficient (Wildman–Crippen LogP) is 5.59. The van der Waals surface area contributed by atoms with E-state index in [0.717, 1.165) is 6.42 Å². The van der Waals surface area contributed by atoms with Gasteiger partial charge in [0.1, 0.15) is 0 Å². The van der Waals surface area contributed by atoms with Gasteiger partial charge < -0.3 is 4.98 Å². The quantitative estimate of drug-likeness (QED) is 0.634. The second-order valence-corrected chi connectivity index (χ2v) is 5.93. The lowest BCUT2D eigenvalue weighted by Gasteiger charge is -2.12. The highest BCUT2D eigenvalue weighted by Crippen LogP contribution is 2.37. The Labute approximate surface area is 137 Å². The highest BCUT2D eigenvalue weighted by atomic mass is 14.7. The van der Waals surface area contributed by atoms with Crippen LogP contribution in [0.3, 0.4) is 0 Å². The minimum atomic E-state index is 0.941. The van der Waals surface area contributed by atoms with Crippen LogP contribution in [0.15, 0.2) is 79.0 Å². The van der Waals surface area contributed by atoms with Crippen molar-refractivity contribution < 1.29 is 0 Å². The fourth-order valence-corrected chi connectivity index (χ4v) is 3.34. The summed E-state index contributed by atoms with van der Waals surface area (Å²) >= 11 is 0. The number of aryl methyl sites for hydroxylation is 1. The fraction of sp³-hybridized carbons (Fsp3) is 0.0909. The number of aromatic nitrogens is 1. The van der Waals surface area contributed by atoms with Crippen molar-refractivity contribution in [2.24, 2.45) is 0 Å². The van der Waals surface area contributed by atoms with E-state index in [4.69, 9.17) is 0 Å². The third kappa shape index (κ3) is 2.44. The number of allylic oxidation sites excluding steroid dienone is 2. The van der Waals surface area contributed by atoms with Crippen molar-refractivity contribution in [3.05, 3.63) is 107 Å². The highest BCUT2D eigenvalue weighted by molar-refractivity contribution is 5.92. The van der Waals surface area contributed by atoms with Gasteiger partial charge in [-0.05, 0) is 35.6 Å². The lowest BCUT2D eigenvalue weighted by molar-refractivity contribution is 1.32. The first-order valence-electron chi connectivity index (χ1n) is 8.04. The van der Waals surface area contributed by atoms with Crippen LogP contribution < -0.4 is 0 Å². The first-order valence-corrected chi connectivity index (χ1v) is 8.04. The van der Waals surface area contributed by atoms with Crippen LogP contribution in [0.1, 0.15) is 34.4 Å². The van der Waals surface area contributed by atoms with Crippen molar-refractivity contribution in [3.63, 3.8) is 0 Å². The number of H-pyrrole nitrogens is 1. The van der Waals surface area contributed by atoms with Gasteiger partial charge in [0, 0.05) is 17.3 Å². The Morgan fingerprint density at radius 1 is 0.739 bits per heavy atom. The maximum absolute atomic E-state index is 3.51. The van der Waals surface area contributed by atoms with Gasteiger partial charge in [0.05, 0.1) is 5.69 Å². The number of hydrogen-bond acceptors (Lipinski definition) is 0. The molecule has 0 saturated carbocycles. The molecule has 0 saturated heterocycles. The number of nitrogens with one attached hydrogen (secondary N) is 1. The summed E-state index contributed by atoms with van der Waals surface area (Å²) in [6.45, 7) is 2.18. The molecule has 2 aromatic carbocycles. The standard InChI is InChI=1S/C22H19N/c1-16-15-23-22-20(18-11-6-3-7-12-18)14-8-13-19(21(16)22)17-9-4-2-5-10-17/h2-7,9-15,23H,8H2,1H3. The largest absolute Gasteiger partial charge is 0.360 e. The van der Waals surface area contributed by atoms with Crippen molar-refractivity contribution in [2.75, 3.05) is 0 Å². The molecular formula is C22H19N. The van der Waals surface area contributed by atoms with Crippen LogP contribution in [0.4, 0.5) is 0 Å². The molecule has 0 bridgehead atoms. The van der Waals surface area contributed by atoms with Crippen molar-refractivity contribution in [1.82, 2.24) is 4.98 Å². The van der Waals surface area contributed by atoms with Gasteiger partial charge in [-0.1, -0.05) is 72.8 Å². The minimum Gasteiger partial charge on any atom is -0.360 e. The van der Waals surface area contributed by atoms with Gasteiger partial charge in [-0.25, -0.2) is 0 Å². The van der Waals surface area contributed by atoms with E-state index in [-0.39, 0.29) is 0 Å². The van der Waals surface area contributed by atoms with Crippen molar-refractivity contribution >= 4 is 11.1 Å². The fourth-order valence-electron chi connectivity index (χ4n) is 3.34. The Kier molecular flexibility index (Phi) is 3.47. The predicted molar refractivity (Wildman–Crippen MR) is 97.2 cm³/mol. The smallest absolute Gasteiger partial charge is 0.0539 e. The Bertz CT molecular complexity index is 880. The first kappa shape index (κ1) is 13.8. The van der Waals surface area contributed by atoms with Crippen molar-refractivity contribution in [3.8, 4) is 0 Å². The third-order valence-corrected chi connectivity index (χ3v) is 4.43. The van der Waals surface area contributed by atoms with Crippen LogP contribution in [0, 0.1) is 6.92 Å². The lowest BCUT2D eigenvalue weighted by atomic mass is 9.92. The molecule has 1 nitrogen and oxygen atoms in total. The highest BCUT2D eigenvalue weighted by Gasteiger charge is 2.20. The summed E-state index contributed by atoms with van der Waals surface area (Å²) < 4.78 is 0. The second kappa shape index (κ2) is 5.77. The lowest BCUT2D eigenvalue weighted by Crippen LogP contribution is -1.94. The number of fused-ring (bicyclic) bond motifs is 1. The minimum absolute atomic E-state index is 0.941. The summed E-state index contributed by atoms with van der Waals surface area (Å²) in [5.74, 6) is 0. The van der Waals surface area contributed by atoms with E-state index < -0.39 is 0 Å². The molecule has 1 aliphatic rings. The summed E-state index contributed by atoms with van der Waals surface area (Å²) in [5, 5.41) is 0. The summed E-state index contributed by atoms with van der Waals surface area (Å²) in [4.78, 5) is 3.51. The zero-order valence-electron chi connectivity index (χ0n) is 13.2. The number of benzene rings is 2. The molecule has 1 aromatic heterocycles. The molecule has 0 atom stereocenters. The number of hydrogen-bond donors (Lipinski definition) is 1. The zero-order valence-corrected chi connectivity index (χ0v) is 13.2. The Morgan fingerprint density at radius 2 is 1.30 bits per heavy atom. The molecule has 1 aliphatic carbocycles. The Hall–Kier alpha value is -2.80. The Balaban J connectivity index is 1.89. The molecular weight excluding hydrogens is 278 g/mol. The summed E-state index contributed by atoms with van der Waals surface area (Å²) in [7, 11) is 0.